The van der Waals surface area contributed by atoms with Crippen molar-refractivity contribution in [3.05, 3.63) is 71.4 Å². The lowest BCUT2D eigenvalue weighted by Gasteiger charge is -2.20. The first kappa shape index (κ1) is 16.3. The maximum Gasteiger partial charge on any atom is 0.270 e. The Morgan fingerprint density at radius 1 is 1.12 bits per heavy atom. The monoisotopic (exact) mass is 350 g/mol. The van der Waals surface area contributed by atoms with E-state index in [1.54, 1.807) is 0 Å². The average molecular weight is 350 g/mol. The van der Waals surface area contributed by atoms with Gasteiger partial charge in [-0.15, -0.1) is 0 Å². The van der Waals surface area contributed by atoms with Crippen LogP contribution in [-0.4, -0.2) is 34.6 Å². The summed E-state index contributed by atoms with van der Waals surface area (Å²) in [6.45, 7) is 3.79. The van der Waals surface area contributed by atoms with E-state index < -0.39 is 0 Å². The number of fused-ring (bicyclic) bond motifs is 1. The summed E-state index contributed by atoms with van der Waals surface area (Å²) in [5, 5.41) is 1.56. The summed E-state index contributed by atoms with van der Waals surface area (Å²) in [5.74, 6) is 1.09. The summed E-state index contributed by atoms with van der Waals surface area (Å²) in [7, 11) is 0. The first-order valence-corrected chi connectivity index (χ1v) is 9.81. The number of aromatic nitrogens is 1. The molecular weight excluding hydrogens is 328 g/mol. The summed E-state index contributed by atoms with van der Waals surface area (Å²) < 4.78 is 0. The van der Waals surface area contributed by atoms with Gasteiger partial charge < -0.3 is 9.88 Å². The average Bonchev–Trinajstić information content (AvgIpc) is 2.92. The number of hydrogen-bond donors (Lipinski definition) is 1. The van der Waals surface area contributed by atoms with E-state index in [9.17, 15) is 4.79 Å². The molecule has 1 atom stereocenters. The summed E-state index contributed by atoms with van der Waals surface area (Å²) in [5.41, 5.74) is 4.47. The number of aryl methyl sites for hydroxylation is 1. The van der Waals surface area contributed by atoms with Gasteiger partial charge in [0.15, 0.2) is 0 Å². The van der Waals surface area contributed by atoms with Gasteiger partial charge in [0.1, 0.15) is 5.69 Å². The van der Waals surface area contributed by atoms with Crippen LogP contribution in [0.1, 0.15) is 33.3 Å². The van der Waals surface area contributed by atoms with Crippen molar-refractivity contribution in [3.8, 4) is 0 Å². The van der Waals surface area contributed by atoms with Crippen LogP contribution >= 0.6 is 11.8 Å². The maximum atomic E-state index is 12.9. The van der Waals surface area contributed by atoms with Crippen LogP contribution in [0.4, 0.5) is 0 Å². The van der Waals surface area contributed by atoms with Gasteiger partial charge in [-0.25, -0.2) is 0 Å². The van der Waals surface area contributed by atoms with Crippen molar-refractivity contribution in [1.29, 1.82) is 0 Å². The highest BCUT2D eigenvalue weighted by molar-refractivity contribution is 7.99. The van der Waals surface area contributed by atoms with Crippen LogP contribution in [0.2, 0.25) is 0 Å². The van der Waals surface area contributed by atoms with Gasteiger partial charge in [-0.3, -0.25) is 4.79 Å². The number of amides is 1. The molecule has 128 valence electrons. The van der Waals surface area contributed by atoms with Crippen LogP contribution < -0.4 is 0 Å². The molecule has 1 unspecified atom stereocenters. The minimum Gasteiger partial charge on any atom is -0.351 e. The fourth-order valence-electron chi connectivity index (χ4n) is 3.53. The van der Waals surface area contributed by atoms with Gasteiger partial charge >= 0.3 is 0 Å². The Morgan fingerprint density at radius 3 is 2.76 bits per heavy atom. The predicted molar refractivity (Wildman–Crippen MR) is 105 cm³/mol. The summed E-state index contributed by atoms with van der Waals surface area (Å²) in [6, 6.07) is 18.6. The number of benzene rings is 2. The van der Waals surface area contributed by atoms with Crippen molar-refractivity contribution in [2.45, 2.75) is 18.6 Å². The quantitative estimate of drug-likeness (QED) is 0.721. The van der Waals surface area contributed by atoms with Crippen molar-refractivity contribution < 1.29 is 4.79 Å². The number of H-pyrrole nitrogens is 1. The van der Waals surface area contributed by atoms with Gasteiger partial charge in [0.25, 0.3) is 5.91 Å². The lowest BCUT2D eigenvalue weighted by atomic mass is 10.0. The SMILES string of the molecule is Cc1ccccc1C1CCN(C(=O)c2cc3ccccc3[nH]2)CCS1. The molecule has 25 heavy (non-hydrogen) atoms. The van der Waals surface area contributed by atoms with E-state index in [1.807, 2.05) is 47.0 Å². The highest BCUT2D eigenvalue weighted by Gasteiger charge is 2.24. The Labute approximate surface area is 152 Å². The van der Waals surface area contributed by atoms with Crippen LogP contribution in [0.15, 0.2) is 54.6 Å². The van der Waals surface area contributed by atoms with E-state index in [1.165, 1.54) is 11.1 Å². The van der Waals surface area contributed by atoms with E-state index >= 15 is 0 Å². The number of aromatic amines is 1. The Hall–Kier alpha value is -2.20. The molecule has 4 heteroatoms. The zero-order valence-electron chi connectivity index (χ0n) is 14.4. The van der Waals surface area contributed by atoms with Crippen LogP contribution in [0, 0.1) is 6.92 Å². The number of para-hydroxylation sites is 1. The number of nitrogens with one attached hydrogen (secondary N) is 1. The van der Waals surface area contributed by atoms with E-state index in [0.29, 0.717) is 10.9 Å². The zero-order chi connectivity index (χ0) is 17.2. The Kier molecular flexibility index (Phi) is 4.53. The standard InChI is InChI=1S/C21H22N2OS/c1-15-6-2-4-8-17(15)20-10-11-23(12-13-25-20)21(24)19-14-16-7-3-5-9-18(16)22-19/h2-9,14,20,22H,10-13H2,1H3. The lowest BCUT2D eigenvalue weighted by Crippen LogP contribution is -2.33. The largest absolute Gasteiger partial charge is 0.351 e. The molecule has 4 rings (SSSR count). The van der Waals surface area contributed by atoms with Gasteiger partial charge in [0, 0.05) is 35.0 Å². The zero-order valence-corrected chi connectivity index (χ0v) is 15.2. The summed E-state index contributed by atoms with van der Waals surface area (Å²) in [6.07, 6.45) is 1.00. The maximum absolute atomic E-state index is 12.9. The molecule has 2 aromatic carbocycles. The van der Waals surface area contributed by atoms with Crippen LogP contribution in [0.25, 0.3) is 10.9 Å². The molecule has 0 bridgehead atoms. The molecule has 0 radical (unpaired) electrons. The number of nitrogens with zero attached hydrogens (tertiary/aromatic N) is 1. The molecule has 3 aromatic rings. The number of carbonyl (C=O) groups is 1. The normalized spacial score (nSPS) is 18.3. The molecule has 0 aliphatic carbocycles. The fraction of sp³-hybridized carbons (Fsp3) is 0.286. The topological polar surface area (TPSA) is 36.1 Å². The molecule has 0 saturated carbocycles. The second-order valence-electron chi connectivity index (χ2n) is 6.57. The third kappa shape index (κ3) is 3.31. The fourth-order valence-corrected chi connectivity index (χ4v) is 4.86. The molecule has 1 aromatic heterocycles. The van der Waals surface area contributed by atoms with E-state index in [4.69, 9.17) is 0 Å². The number of hydrogen-bond acceptors (Lipinski definition) is 2. The molecule has 1 saturated heterocycles. The molecule has 2 heterocycles. The van der Waals surface area contributed by atoms with E-state index in [-0.39, 0.29) is 5.91 Å². The minimum atomic E-state index is 0.113. The predicted octanol–water partition coefficient (Wildman–Crippen LogP) is 4.80. The molecule has 1 amide bonds. The second kappa shape index (κ2) is 6.96. The van der Waals surface area contributed by atoms with Gasteiger partial charge in [0.2, 0.25) is 0 Å². The number of carbonyl (C=O) groups excluding carboxylic acids is 1. The molecule has 1 aliphatic rings. The van der Waals surface area contributed by atoms with Crippen LogP contribution in [-0.2, 0) is 0 Å². The molecule has 1 N–H and O–H groups in total. The smallest absolute Gasteiger partial charge is 0.270 e. The van der Waals surface area contributed by atoms with Gasteiger partial charge in [-0.1, -0.05) is 42.5 Å². The third-order valence-electron chi connectivity index (χ3n) is 4.92. The highest BCUT2D eigenvalue weighted by Crippen LogP contribution is 2.36. The lowest BCUT2D eigenvalue weighted by molar-refractivity contribution is 0.0761. The Balaban J connectivity index is 1.50. The van der Waals surface area contributed by atoms with Crippen molar-refractivity contribution in [1.82, 2.24) is 9.88 Å². The Morgan fingerprint density at radius 2 is 1.92 bits per heavy atom. The first-order valence-electron chi connectivity index (χ1n) is 8.76. The van der Waals surface area contributed by atoms with Gasteiger partial charge in [-0.2, -0.15) is 11.8 Å². The minimum absolute atomic E-state index is 0.113. The summed E-state index contributed by atoms with van der Waals surface area (Å²) >= 11 is 1.97. The Bertz CT molecular complexity index is 869. The molecule has 0 spiro atoms. The highest BCUT2D eigenvalue weighted by atomic mass is 32.2. The second-order valence-corrected chi connectivity index (χ2v) is 7.88. The molecule has 3 nitrogen and oxygen atoms in total. The number of thioether (sulfide) groups is 1. The van der Waals surface area contributed by atoms with E-state index in [0.717, 1.165) is 36.2 Å². The van der Waals surface area contributed by atoms with Crippen molar-refractivity contribution in [2.75, 3.05) is 18.8 Å². The van der Waals surface area contributed by atoms with Crippen molar-refractivity contribution in [2.24, 2.45) is 0 Å². The van der Waals surface area contributed by atoms with Crippen LogP contribution in [0.3, 0.4) is 0 Å². The number of rotatable bonds is 2. The van der Waals surface area contributed by atoms with Crippen molar-refractivity contribution >= 4 is 28.6 Å². The van der Waals surface area contributed by atoms with E-state index in [2.05, 4.69) is 36.2 Å². The summed E-state index contributed by atoms with van der Waals surface area (Å²) in [4.78, 5) is 18.2. The van der Waals surface area contributed by atoms with Gasteiger partial charge in [-0.05, 0) is 36.6 Å². The van der Waals surface area contributed by atoms with Gasteiger partial charge in [0.05, 0.1) is 0 Å². The molecule has 1 aliphatic heterocycles. The first-order chi connectivity index (χ1) is 12.2. The third-order valence-corrected chi connectivity index (χ3v) is 6.23. The molecule has 1 fully saturated rings. The molecular formula is C21H22N2OS. The van der Waals surface area contributed by atoms with Crippen LogP contribution in [0.5, 0.6) is 0 Å². The van der Waals surface area contributed by atoms with Crippen molar-refractivity contribution in [3.63, 3.8) is 0 Å².